The number of unbranched alkanes of at least 4 members (excludes halogenated alkanes) is 3. The predicted molar refractivity (Wildman–Crippen MR) is 103 cm³/mol. The average Bonchev–Trinajstić information content (AvgIpc) is 2.63. The number of amides is 1. The average molecular weight is 355 g/mol. The van der Waals surface area contributed by atoms with Crippen LogP contribution in [0.4, 0.5) is 0 Å². The molecule has 2 aromatic carbocycles. The number of aromatic hydroxyl groups is 3. The van der Waals surface area contributed by atoms with Gasteiger partial charge in [-0.25, -0.2) is 0 Å². The summed E-state index contributed by atoms with van der Waals surface area (Å²) in [5.41, 5.74) is 1.37. The van der Waals surface area contributed by atoms with Crippen molar-refractivity contribution in [2.24, 2.45) is 0 Å². The molecule has 5 nitrogen and oxygen atoms in total. The first-order chi connectivity index (χ1) is 12.5. The minimum Gasteiger partial charge on any atom is -0.508 e. The van der Waals surface area contributed by atoms with Crippen LogP contribution in [0, 0.1) is 0 Å². The van der Waals surface area contributed by atoms with Crippen LogP contribution in [0.1, 0.15) is 54.1 Å². The molecule has 0 saturated heterocycles. The minimum absolute atomic E-state index is 0.0443. The largest absolute Gasteiger partial charge is 0.508 e. The summed E-state index contributed by atoms with van der Waals surface area (Å²) >= 11 is 0. The first-order valence-corrected chi connectivity index (χ1v) is 8.82. The number of rotatable bonds is 8. The summed E-state index contributed by atoms with van der Waals surface area (Å²) in [4.78, 5) is 12.3. The molecule has 0 fully saturated rings. The van der Waals surface area contributed by atoms with Crippen LogP contribution in [0.25, 0.3) is 12.2 Å². The Kier molecular flexibility index (Phi) is 7.09. The van der Waals surface area contributed by atoms with Crippen molar-refractivity contribution in [2.45, 2.75) is 32.6 Å². The molecule has 0 atom stereocenters. The second-order valence-corrected chi connectivity index (χ2v) is 6.17. The molecule has 138 valence electrons. The number of benzene rings is 2. The van der Waals surface area contributed by atoms with E-state index < -0.39 is 0 Å². The maximum Gasteiger partial charge on any atom is 0.255 e. The van der Waals surface area contributed by atoms with Gasteiger partial charge < -0.3 is 20.6 Å². The fourth-order valence-electron chi connectivity index (χ4n) is 2.55. The third kappa shape index (κ3) is 5.55. The van der Waals surface area contributed by atoms with Crippen LogP contribution >= 0.6 is 0 Å². The molecule has 0 saturated carbocycles. The van der Waals surface area contributed by atoms with E-state index in [1.807, 2.05) is 0 Å². The molecule has 0 aliphatic heterocycles. The van der Waals surface area contributed by atoms with Crippen molar-refractivity contribution in [1.82, 2.24) is 5.32 Å². The molecule has 0 spiro atoms. The van der Waals surface area contributed by atoms with Crippen molar-refractivity contribution < 1.29 is 20.1 Å². The number of carbonyl (C=O) groups excluding carboxylic acids is 1. The fourth-order valence-corrected chi connectivity index (χ4v) is 2.55. The van der Waals surface area contributed by atoms with Gasteiger partial charge in [-0.2, -0.15) is 0 Å². The molecule has 0 aliphatic carbocycles. The van der Waals surface area contributed by atoms with Crippen LogP contribution in [-0.4, -0.2) is 27.8 Å². The number of hydrogen-bond donors (Lipinski definition) is 4. The van der Waals surface area contributed by atoms with Crippen molar-refractivity contribution in [3.8, 4) is 17.2 Å². The molecular formula is C21H25NO4. The first kappa shape index (κ1) is 19.4. The van der Waals surface area contributed by atoms with Gasteiger partial charge in [0, 0.05) is 12.1 Å². The van der Waals surface area contributed by atoms with E-state index in [0.29, 0.717) is 17.7 Å². The van der Waals surface area contributed by atoms with Gasteiger partial charge in [0.15, 0.2) is 0 Å². The number of nitrogens with one attached hydrogen (secondary N) is 1. The molecule has 2 aromatic rings. The van der Waals surface area contributed by atoms with Crippen LogP contribution in [0.3, 0.4) is 0 Å². The maximum atomic E-state index is 12.3. The van der Waals surface area contributed by atoms with Crippen molar-refractivity contribution >= 4 is 18.1 Å². The van der Waals surface area contributed by atoms with Gasteiger partial charge in [-0.15, -0.1) is 0 Å². The van der Waals surface area contributed by atoms with Crippen molar-refractivity contribution in [3.05, 3.63) is 53.1 Å². The van der Waals surface area contributed by atoms with Crippen LogP contribution in [0.5, 0.6) is 17.2 Å². The zero-order chi connectivity index (χ0) is 18.9. The Morgan fingerprint density at radius 1 is 0.962 bits per heavy atom. The van der Waals surface area contributed by atoms with Crippen molar-refractivity contribution in [3.63, 3.8) is 0 Å². The predicted octanol–water partition coefficient (Wildman–Crippen LogP) is 4.28. The lowest BCUT2D eigenvalue weighted by molar-refractivity contribution is 0.0950. The zero-order valence-electron chi connectivity index (χ0n) is 14.9. The highest BCUT2D eigenvalue weighted by atomic mass is 16.3. The number of carbonyl (C=O) groups is 1. The van der Waals surface area contributed by atoms with E-state index in [-0.39, 0.29) is 28.7 Å². The fraction of sp³-hybridized carbons (Fsp3) is 0.286. The molecule has 0 unspecified atom stereocenters. The van der Waals surface area contributed by atoms with E-state index in [1.54, 1.807) is 24.3 Å². The molecule has 26 heavy (non-hydrogen) atoms. The minimum atomic E-state index is -0.311. The molecule has 0 aromatic heterocycles. The second-order valence-electron chi connectivity index (χ2n) is 6.17. The van der Waals surface area contributed by atoms with Gasteiger partial charge in [-0.3, -0.25) is 4.79 Å². The summed E-state index contributed by atoms with van der Waals surface area (Å²) in [5, 5.41) is 32.1. The van der Waals surface area contributed by atoms with E-state index in [0.717, 1.165) is 25.7 Å². The molecular weight excluding hydrogens is 330 g/mol. The molecule has 0 bridgehead atoms. The van der Waals surface area contributed by atoms with Gasteiger partial charge >= 0.3 is 0 Å². The van der Waals surface area contributed by atoms with E-state index in [2.05, 4.69) is 12.2 Å². The van der Waals surface area contributed by atoms with Crippen molar-refractivity contribution in [1.29, 1.82) is 0 Å². The quantitative estimate of drug-likeness (QED) is 0.323. The van der Waals surface area contributed by atoms with Gasteiger partial charge in [-0.1, -0.05) is 44.4 Å². The van der Waals surface area contributed by atoms with Crippen LogP contribution < -0.4 is 5.32 Å². The van der Waals surface area contributed by atoms with Gasteiger partial charge in [0.25, 0.3) is 5.91 Å². The van der Waals surface area contributed by atoms with E-state index in [4.69, 9.17) is 0 Å². The lowest BCUT2D eigenvalue weighted by Crippen LogP contribution is -2.24. The van der Waals surface area contributed by atoms with Gasteiger partial charge in [0.2, 0.25) is 0 Å². The van der Waals surface area contributed by atoms with E-state index in [9.17, 15) is 20.1 Å². The zero-order valence-corrected chi connectivity index (χ0v) is 14.9. The van der Waals surface area contributed by atoms with Gasteiger partial charge in [0.1, 0.15) is 17.2 Å². The lowest BCUT2D eigenvalue weighted by atomic mass is 10.1. The van der Waals surface area contributed by atoms with Crippen LogP contribution in [0.2, 0.25) is 0 Å². The normalized spacial score (nSPS) is 11.0. The van der Waals surface area contributed by atoms with E-state index >= 15 is 0 Å². The number of hydrogen-bond acceptors (Lipinski definition) is 4. The van der Waals surface area contributed by atoms with Crippen LogP contribution in [-0.2, 0) is 0 Å². The summed E-state index contributed by atoms with van der Waals surface area (Å²) in [6, 6.07) is 8.97. The molecule has 1 amide bonds. The first-order valence-electron chi connectivity index (χ1n) is 8.82. The maximum absolute atomic E-state index is 12.3. The third-order valence-electron chi connectivity index (χ3n) is 4.05. The molecule has 4 N–H and O–H groups in total. The molecule has 0 aliphatic rings. The van der Waals surface area contributed by atoms with Crippen molar-refractivity contribution in [2.75, 3.05) is 6.54 Å². The van der Waals surface area contributed by atoms with Gasteiger partial charge in [-0.05, 0) is 42.3 Å². The Labute approximate surface area is 153 Å². The Morgan fingerprint density at radius 2 is 1.73 bits per heavy atom. The molecule has 5 heteroatoms. The highest BCUT2D eigenvalue weighted by Gasteiger charge is 2.11. The monoisotopic (exact) mass is 355 g/mol. The summed E-state index contributed by atoms with van der Waals surface area (Å²) in [6.07, 6.45) is 7.59. The highest BCUT2D eigenvalue weighted by Crippen LogP contribution is 2.25. The Bertz CT molecular complexity index is 784. The Hall–Kier alpha value is -2.95. The second kappa shape index (κ2) is 9.51. The standard InChI is InChI=1S/C21H25NO4/c1-2-3-4-5-12-22-21(26)18-13-15(7-10-20(18)25)6-8-16-14-17(23)9-11-19(16)24/h6-11,13-14,23-25H,2-5,12H2,1H3,(H,22,26)/b8-6-. The summed E-state index contributed by atoms with van der Waals surface area (Å²) in [6.45, 7) is 2.71. The molecule has 2 rings (SSSR count). The number of phenols is 3. The van der Waals surface area contributed by atoms with Gasteiger partial charge in [0.05, 0.1) is 5.56 Å². The van der Waals surface area contributed by atoms with Crippen LogP contribution in [0.15, 0.2) is 36.4 Å². The Morgan fingerprint density at radius 3 is 2.50 bits per heavy atom. The lowest BCUT2D eigenvalue weighted by Gasteiger charge is -2.08. The summed E-state index contributed by atoms with van der Waals surface area (Å²) < 4.78 is 0. The summed E-state index contributed by atoms with van der Waals surface area (Å²) in [5.74, 6) is -0.290. The highest BCUT2D eigenvalue weighted by molar-refractivity contribution is 5.97. The topological polar surface area (TPSA) is 89.8 Å². The van der Waals surface area contributed by atoms with E-state index in [1.165, 1.54) is 24.3 Å². The SMILES string of the molecule is CCCCCCNC(=O)c1cc(/C=C\c2cc(O)ccc2O)ccc1O. The molecule has 0 heterocycles. The third-order valence-corrected chi connectivity index (χ3v) is 4.05. The number of phenolic OH excluding ortho intramolecular Hbond substituents is 3. The Balaban J connectivity index is 2.07. The molecule has 0 radical (unpaired) electrons. The smallest absolute Gasteiger partial charge is 0.255 e. The summed E-state index contributed by atoms with van der Waals surface area (Å²) in [7, 11) is 0.